The molecule has 0 radical (unpaired) electrons. The van der Waals surface area contributed by atoms with Gasteiger partial charge in [0.1, 0.15) is 0 Å². The fraction of sp³-hybridized carbons (Fsp3) is 1.00. The number of hydrogen-bond donors (Lipinski definition) is 1. The van der Waals surface area contributed by atoms with Crippen LogP contribution in [0.4, 0.5) is 0 Å². The lowest BCUT2D eigenvalue weighted by atomic mass is 9.70. The van der Waals surface area contributed by atoms with Gasteiger partial charge in [0, 0.05) is 6.04 Å². The van der Waals surface area contributed by atoms with Gasteiger partial charge >= 0.3 is 0 Å². The third-order valence-corrected chi connectivity index (χ3v) is 3.74. The molecule has 0 aromatic heterocycles. The monoisotopic (exact) mass is 183 g/mol. The largest absolute Gasteiger partial charge is 0.314 e. The molecule has 3 atom stereocenters. The Morgan fingerprint density at radius 2 is 1.77 bits per heavy atom. The molecule has 0 aromatic rings. The SMILES string of the molecule is CCNC(C)C1C(C)CCCC1C. The van der Waals surface area contributed by atoms with Crippen molar-refractivity contribution in [3.63, 3.8) is 0 Å². The topological polar surface area (TPSA) is 12.0 Å². The first-order valence-corrected chi connectivity index (χ1v) is 5.90. The van der Waals surface area contributed by atoms with Gasteiger partial charge < -0.3 is 5.32 Å². The molecule has 1 saturated carbocycles. The zero-order valence-electron chi connectivity index (χ0n) is 9.64. The third-order valence-electron chi connectivity index (χ3n) is 3.74. The van der Waals surface area contributed by atoms with Crippen molar-refractivity contribution in [2.24, 2.45) is 17.8 Å². The normalized spacial score (nSPS) is 37.4. The van der Waals surface area contributed by atoms with Gasteiger partial charge in [0.2, 0.25) is 0 Å². The minimum Gasteiger partial charge on any atom is -0.314 e. The van der Waals surface area contributed by atoms with Gasteiger partial charge in [-0.25, -0.2) is 0 Å². The summed E-state index contributed by atoms with van der Waals surface area (Å²) < 4.78 is 0. The van der Waals surface area contributed by atoms with Gasteiger partial charge in [-0.3, -0.25) is 0 Å². The van der Waals surface area contributed by atoms with Crippen molar-refractivity contribution >= 4 is 0 Å². The van der Waals surface area contributed by atoms with Gasteiger partial charge in [-0.05, 0) is 31.2 Å². The van der Waals surface area contributed by atoms with Crippen LogP contribution in [0.25, 0.3) is 0 Å². The lowest BCUT2D eigenvalue weighted by Crippen LogP contribution is -2.41. The second-order valence-electron chi connectivity index (χ2n) is 4.81. The van der Waals surface area contributed by atoms with E-state index in [2.05, 4.69) is 33.0 Å². The Morgan fingerprint density at radius 1 is 1.23 bits per heavy atom. The van der Waals surface area contributed by atoms with Crippen molar-refractivity contribution in [3.05, 3.63) is 0 Å². The van der Waals surface area contributed by atoms with Crippen LogP contribution in [0.1, 0.15) is 47.0 Å². The Labute approximate surface area is 83.3 Å². The highest BCUT2D eigenvalue weighted by molar-refractivity contribution is 4.84. The van der Waals surface area contributed by atoms with Crippen molar-refractivity contribution in [2.45, 2.75) is 53.0 Å². The molecule has 0 saturated heterocycles. The summed E-state index contributed by atoms with van der Waals surface area (Å²) >= 11 is 0. The van der Waals surface area contributed by atoms with Crippen LogP contribution in [0, 0.1) is 17.8 Å². The fourth-order valence-corrected chi connectivity index (χ4v) is 3.15. The maximum Gasteiger partial charge on any atom is 0.00719 e. The van der Waals surface area contributed by atoms with Crippen LogP contribution in [0.3, 0.4) is 0 Å². The maximum absolute atomic E-state index is 3.58. The average molecular weight is 183 g/mol. The first kappa shape index (κ1) is 11.0. The molecule has 0 heterocycles. The first-order chi connectivity index (χ1) is 6.16. The molecule has 1 N–H and O–H groups in total. The second-order valence-corrected chi connectivity index (χ2v) is 4.81. The molecular formula is C12H25N. The van der Waals surface area contributed by atoms with Crippen molar-refractivity contribution in [2.75, 3.05) is 6.54 Å². The Bertz CT molecular complexity index is 134. The van der Waals surface area contributed by atoms with Crippen LogP contribution in [0.15, 0.2) is 0 Å². The molecular weight excluding hydrogens is 158 g/mol. The molecule has 0 amide bonds. The van der Waals surface area contributed by atoms with E-state index in [1.54, 1.807) is 0 Å². The van der Waals surface area contributed by atoms with Crippen LogP contribution in [-0.2, 0) is 0 Å². The van der Waals surface area contributed by atoms with Crippen LogP contribution in [0.5, 0.6) is 0 Å². The Hall–Kier alpha value is -0.0400. The summed E-state index contributed by atoms with van der Waals surface area (Å²) in [5.41, 5.74) is 0. The Kier molecular flexibility index (Phi) is 4.24. The standard InChI is InChI=1S/C12H25N/c1-5-13-11(4)12-9(2)7-6-8-10(12)3/h9-13H,5-8H2,1-4H3. The quantitative estimate of drug-likeness (QED) is 0.709. The second kappa shape index (κ2) is 4.99. The molecule has 1 nitrogen and oxygen atoms in total. The Morgan fingerprint density at radius 3 is 2.23 bits per heavy atom. The molecule has 1 heteroatoms. The van der Waals surface area contributed by atoms with E-state index in [-0.39, 0.29) is 0 Å². The summed E-state index contributed by atoms with van der Waals surface area (Å²) in [6.07, 6.45) is 4.31. The minimum atomic E-state index is 0.704. The molecule has 1 fully saturated rings. The molecule has 13 heavy (non-hydrogen) atoms. The summed E-state index contributed by atoms with van der Waals surface area (Å²) in [5, 5.41) is 3.58. The summed E-state index contributed by atoms with van der Waals surface area (Å²) in [6, 6.07) is 0.704. The number of hydrogen-bond acceptors (Lipinski definition) is 1. The van der Waals surface area contributed by atoms with Crippen molar-refractivity contribution in [3.8, 4) is 0 Å². The molecule has 3 unspecified atom stereocenters. The maximum atomic E-state index is 3.58. The zero-order valence-corrected chi connectivity index (χ0v) is 9.64. The highest BCUT2D eigenvalue weighted by Gasteiger charge is 2.31. The molecule has 1 aliphatic rings. The molecule has 1 aliphatic carbocycles. The van der Waals surface area contributed by atoms with Gasteiger partial charge in [-0.15, -0.1) is 0 Å². The zero-order chi connectivity index (χ0) is 9.84. The molecule has 1 rings (SSSR count). The fourth-order valence-electron chi connectivity index (χ4n) is 3.15. The van der Waals surface area contributed by atoms with E-state index in [0.717, 1.165) is 24.3 Å². The molecule has 78 valence electrons. The van der Waals surface area contributed by atoms with E-state index in [9.17, 15) is 0 Å². The Balaban J connectivity index is 2.51. The van der Waals surface area contributed by atoms with E-state index >= 15 is 0 Å². The first-order valence-electron chi connectivity index (χ1n) is 5.90. The lowest BCUT2D eigenvalue weighted by Gasteiger charge is -2.39. The van der Waals surface area contributed by atoms with E-state index in [1.165, 1.54) is 19.3 Å². The van der Waals surface area contributed by atoms with Gasteiger partial charge in [0.15, 0.2) is 0 Å². The minimum absolute atomic E-state index is 0.704. The molecule has 0 aromatic carbocycles. The van der Waals surface area contributed by atoms with E-state index in [1.807, 2.05) is 0 Å². The predicted molar refractivity (Wildman–Crippen MR) is 58.8 cm³/mol. The lowest BCUT2D eigenvalue weighted by molar-refractivity contribution is 0.139. The molecule has 0 aliphatic heterocycles. The van der Waals surface area contributed by atoms with E-state index in [0.29, 0.717) is 6.04 Å². The number of nitrogens with one attached hydrogen (secondary N) is 1. The van der Waals surface area contributed by atoms with Gasteiger partial charge in [-0.2, -0.15) is 0 Å². The van der Waals surface area contributed by atoms with Crippen molar-refractivity contribution < 1.29 is 0 Å². The van der Waals surface area contributed by atoms with E-state index < -0.39 is 0 Å². The van der Waals surface area contributed by atoms with Crippen LogP contribution in [-0.4, -0.2) is 12.6 Å². The summed E-state index contributed by atoms with van der Waals surface area (Å²) in [5.74, 6) is 2.73. The van der Waals surface area contributed by atoms with Crippen LogP contribution < -0.4 is 5.32 Å². The summed E-state index contributed by atoms with van der Waals surface area (Å²) in [4.78, 5) is 0. The van der Waals surface area contributed by atoms with Crippen molar-refractivity contribution in [1.82, 2.24) is 5.32 Å². The summed E-state index contributed by atoms with van der Waals surface area (Å²) in [7, 11) is 0. The average Bonchev–Trinajstić information content (AvgIpc) is 2.04. The van der Waals surface area contributed by atoms with Gasteiger partial charge in [0.05, 0.1) is 0 Å². The highest BCUT2D eigenvalue weighted by Crippen LogP contribution is 2.36. The third kappa shape index (κ3) is 2.70. The smallest absolute Gasteiger partial charge is 0.00719 e. The van der Waals surface area contributed by atoms with Crippen LogP contribution in [0.2, 0.25) is 0 Å². The molecule has 0 bridgehead atoms. The van der Waals surface area contributed by atoms with Crippen molar-refractivity contribution in [1.29, 1.82) is 0 Å². The number of rotatable bonds is 3. The van der Waals surface area contributed by atoms with Crippen LogP contribution >= 0.6 is 0 Å². The molecule has 0 spiro atoms. The predicted octanol–water partition coefficient (Wildman–Crippen LogP) is 3.06. The van der Waals surface area contributed by atoms with Gasteiger partial charge in [0.25, 0.3) is 0 Å². The van der Waals surface area contributed by atoms with Gasteiger partial charge in [-0.1, -0.05) is 40.0 Å². The van der Waals surface area contributed by atoms with E-state index in [4.69, 9.17) is 0 Å². The highest BCUT2D eigenvalue weighted by atomic mass is 14.9. The summed E-state index contributed by atoms with van der Waals surface area (Å²) in [6.45, 7) is 10.5.